The van der Waals surface area contributed by atoms with Gasteiger partial charge in [-0.2, -0.15) is 4.98 Å². The number of anilines is 2. The van der Waals surface area contributed by atoms with Crippen LogP contribution in [-0.2, 0) is 0 Å². The number of rotatable bonds is 4. The van der Waals surface area contributed by atoms with Crippen molar-refractivity contribution >= 4 is 11.8 Å². The van der Waals surface area contributed by atoms with Crippen molar-refractivity contribution in [2.45, 2.75) is 38.1 Å². The predicted octanol–water partition coefficient (Wildman–Crippen LogP) is 1.86. The third-order valence-corrected chi connectivity index (χ3v) is 4.24. The van der Waals surface area contributed by atoms with Crippen LogP contribution in [0, 0.1) is 5.92 Å². The Hall–Kier alpha value is -1.36. The maximum Gasteiger partial charge on any atom is 0.226 e. The van der Waals surface area contributed by atoms with E-state index in [0.717, 1.165) is 18.2 Å². The largest absolute Gasteiger partial charge is 0.363 e. The Morgan fingerprint density at radius 2 is 2.26 bits per heavy atom. The molecule has 0 saturated heterocycles. The first-order chi connectivity index (χ1) is 9.07. The van der Waals surface area contributed by atoms with Gasteiger partial charge < -0.3 is 16.0 Å². The van der Waals surface area contributed by atoms with Gasteiger partial charge in [0.05, 0.1) is 5.54 Å². The number of hydrogen-bond donors (Lipinski definition) is 2. The summed E-state index contributed by atoms with van der Waals surface area (Å²) >= 11 is 0. The maximum atomic E-state index is 6.06. The first-order valence-corrected chi connectivity index (χ1v) is 7.06. The molecule has 19 heavy (non-hydrogen) atoms. The summed E-state index contributed by atoms with van der Waals surface area (Å²) in [7, 11) is 3.89. The number of hydrogen-bond acceptors (Lipinski definition) is 5. The summed E-state index contributed by atoms with van der Waals surface area (Å²) in [6, 6.07) is 1.92. The molecule has 0 aromatic carbocycles. The van der Waals surface area contributed by atoms with Crippen LogP contribution in [0.5, 0.6) is 0 Å². The summed E-state index contributed by atoms with van der Waals surface area (Å²) in [5, 5.41) is 3.59. The van der Waals surface area contributed by atoms with Crippen molar-refractivity contribution in [2.24, 2.45) is 11.7 Å². The third kappa shape index (κ3) is 2.97. The fourth-order valence-corrected chi connectivity index (χ4v) is 2.84. The molecule has 1 fully saturated rings. The Morgan fingerprint density at radius 3 is 2.89 bits per heavy atom. The fraction of sp³-hybridized carbons (Fsp3) is 0.714. The van der Waals surface area contributed by atoms with Crippen LogP contribution in [0.25, 0.3) is 0 Å². The molecule has 0 aliphatic heterocycles. The molecule has 0 spiro atoms. The van der Waals surface area contributed by atoms with Crippen LogP contribution in [0.1, 0.15) is 32.6 Å². The molecule has 1 aliphatic rings. The molecule has 5 heteroatoms. The average Bonchev–Trinajstić information content (AvgIpc) is 2.42. The van der Waals surface area contributed by atoms with E-state index in [9.17, 15) is 0 Å². The minimum Gasteiger partial charge on any atom is -0.363 e. The molecule has 3 N–H and O–H groups in total. The van der Waals surface area contributed by atoms with Crippen molar-refractivity contribution in [3.8, 4) is 0 Å². The van der Waals surface area contributed by atoms with Gasteiger partial charge in [0.1, 0.15) is 5.82 Å². The third-order valence-electron chi connectivity index (χ3n) is 4.24. The first kappa shape index (κ1) is 14.1. The van der Waals surface area contributed by atoms with Gasteiger partial charge >= 0.3 is 0 Å². The quantitative estimate of drug-likeness (QED) is 0.868. The van der Waals surface area contributed by atoms with E-state index >= 15 is 0 Å². The zero-order valence-corrected chi connectivity index (χ0v) is 12.2. The highest BCUT2D eigenvalue weighted by Gasteiger charge is 2.37. The lowest BCUT2D eigenvalue weighted by molar-refractivity contribution is 0.235. The van der Waals surface area contributed by atoms with Crippen LogP contribution in [0.15, 0.2) is 12.3 Å². The van der Waals surface area contributed by atoms with Gasteiger partial charge in [0.15, 0.2) is 0 Å². The zero-order valence-electron chi connectivity index (χ0n) is 12.2. The summed E-state index contributed by atoms with van der Waals surface area (Å²) in [5.41, 5.74) is 6.04. The van der Waals surface area contributed by atoms with Gasteiger partial charge in [0, 0.05) is 26.8 Å². The zero-order chi connectivity index (χ0) is 13.9. The standard InChI is InChI=1S/C14H25N5/c1-11-6-4-5-8-14(11,10-15)18-12-7-9-16-13(17-12)19(2)3/h7,9,11H,4-6,8,10,15H2,1-3H3,(H,16,17,18). The smallest absolute Gasteiger partial charge is 0.226 e. The highest BCUT2D eigenvalue weighted by Crippen LogP contribution is 2.35. The molecule has 5 nitrogen and oxygen atoms in total. The summed E-state index contributed by atoms with van der Waals surface area (Å²) < 4.78 is 0. The molecular formula is C14H25N5. The molecule has 2 unspecified atom stereocenters. The van der Waals surface area contributed by atoms with E-state index in [0.29, 0.717) is 12.5 Å². The average molecular weight is 263 g/mol. The molecule has 2 rings (SSSR count). The van der Waals surface area contributed by atoms with Crippen LogP contribution in [-0.4, -0.2) is 36.1 Å². The second kappa shape index (κ2) is 5.74. The van der Waals surface area contributed by atoms with E-state index in [1.807, 2.05) is 25.1 Å². The van der Waals surface area contributed by atoms with Crippen molar-refractivity contribution in [1.29, 1.82) is 0 Å². The fourth-order valence-electron chi connectivity index (χ4n) is 2.84. The van der Waals surface area contributed by atoms with E-state index in [4.69, 9.17) is 5.73 Å². The number of nitrogens with two attached hydrogens (primary N) is 1. The summed E-state index contributed by atoms with van der Waals surface area (Å²) in [5.74, 6) is 2.17. The number of nitrogens with one attached hydrogen (secondary N) is 1. The van der Waals surface area contributed by atoms with E-state index in [1.54, 1.807) is 6.20 Å². The first-order valence-electron chi connectivity index (χ1n) is 7.06. The lowest BCUT2D eigenvalue weighted by Gasteiger charge is -2.43. The lowest BCUT2D eigenvalue weighted by Crippen LogP contribution is -2.52. The van der Waals surface area contributed by atoms with Gasteiger partial charge in [-0.15, -0.1) is 0 Å². The SMILES string of the molecule is CC1CCCCC1(CN)Nc1ccnc(N(C)C)n1. The molecular weight excluding hydrogens is 238 g/mol. The van der Waals surface area contributed by atoms with E-state index < -0.39 is 0 Å². The van der Waals surface area contributed by atoms with Gasteiger partial charge in [-0.3, -0.25) is 0 Å². The van der Waals surface area contributed by atoms with Gasteiger partial charge in [-0.1, -0.05) is 19.8 Å². The molecule has 1 aliphatic carbocycles. The highest BCUT2D eigenvalue weighted by molar-refractivity contribution is 5.43. The molecule has 0 amide bonds. The van der Waals surface area contributed by atoms with Gasteiger partial charge in [-0.25, -0.2) is 4.98 Å². The monoisotopic (exact) mass is 263 g/mol. The molecule has 0 radical (unpaired) electrons. The van der Waals surface area contributed by atoms with Crippen molar-refractivity contribution in [1.82, 2.24) is 9.97 Å². The molecule has 2 atom stereocenters. The predicted molar refractivity (Wildman–Crippen MR) is 79.4 cm³/mol. The molecule has 1 saturated carbocycles. The van der Waals surface area contributed by atoms with Crippen LogP contribution in [0.4, 0.5) is 11.8 Å². The second-order valence-electron chi connectivity index (χ2n) is 5.77. The molecule has 1 aromatic heterocycles. The second-order valence-corrected chi connectivity index (χ2v) is 5.77. The number of nitrogens with zero attached hydrogens (tertiary/aromatic N) is 3. The van der Waals surface area contributed by atoms with Crippen molar-refractivity contribution < 1.29 is 0 Å². The van der Waals surface area contributed by atoms with E-state index in [-0.39, 0.29) is 5.54 Å². The summed E-state index contributed by atoms with van der Waals surface area (Å²) in [6.45, 7) is 2.93. The highest BCUT2D eigenvalue weighted by atomic mass is 15.2. The van der Waals surface area contributed by atoms with Crippen LogP contribution >= 0.6 is 0 Å². The van der Waals surface area contributed by atoms with Gasteiger partial charge in [0.25, 0.3) is 0 Å². The molecule has 106 valence electrons. The van der Waals surface area contributed by atoms with Crippen molar-refractivity contribution in [3.63, 3.8) is 0 Å². The summed E-state index contributed by atoms with van der Waals surface area (Å²) in [6.07, 6.45) is 6.68. The molecule has 1 aromatic rings. The Morgan fingerprint density at radius 1 is 1.47 bits per heavy atom. The summed E-state index contributed by atoms with van der Waals surface area (Å²) in [4.78, 5) is 10.7. The van der Waals surface area contributed by atoms with Crippen molar-refractivity contribution in [3.05, 3.63) is 12.3 Å². The van der Waals surface area contributed by atoms with Crippen LogP contribution in [0.2, 0.25) is 0 Å². The lowest BCUT2D eigenvalue weighted by atomic mass is 9.73. The minimum atomic E-state index is -0.0177. The normalized spacial score (nSPS) is 27.1. The van der Waals surface area contributed by atoms with Crippen molar-refractivity contribution in [2.75, 3.05) is 30.9 Å². The topological polar surface area (TPSA) is 67.1 Å². The Bertz CT molecular complexity index is 420. The van der Waals surface area contributed by atoms with Crippen LogP contribution < -0.4 is 16.0 Å². The van der Waals surface area contributed by atoms with Crippen LogP contribution in [0.3, 0.4) is 0 Å². The van der Waals surface area contributed by atoms with Gasteiger partial charge in [-0.05, 0) is 24.8 Å². The maximum absolute atomic E-state index is 6.06. The van der Waals surface area contributed by atoms with E-state index in [1.165, 1.54) is 19.3 Å². The van der Waals surface area contributed by atoms with Gasteiger partial charge in [0.2, 0.25) is 5.95 Å². The Balaban J connectivity index is 2.20. The number of aromatic nitrogens is 2. The Kier molecular flexibility index (Phi) is 4.24. The Labute approximate surface area is 115 Å². The molecule has 0 bridgehead atoms. The molecule has 1 heterocycles. The minimum absolute atomic E-state index is 0.0177. The van der Waals surface area contributed by atoms with E-state index in [2.05, 4.69) is 22.2 Å².